The molecule has 0 radical (unpaired) electrons. The normalized spacial score (nSPS) is 10.4. The third-order valence-corrected chi connectivity index (χ3v) is 14.0. The summed E-state index contributed by atoms with van der Waals surface area (Å²) in [5.74, 6) is -5.59. The van der Waals surface area contributed by atoms with Crippen molar-refractivity contribution in [3.63, 3.8) is 0 Å². The van der Waals surface area contributed by atoms with Crippen LogP contribution in [0.25, 0.3) is 0 Å². The van der Waals surface area contributed by atoms with Gasteiger partial charge in [-0.1, -0.05) is 172 Å². The largest absolute Gasteiger partial charge is 0.478 e. The monoisotopic (exact) mass is 1380 g/mol. The molecule has 548 valence electrons. The second-order valence-electron chi connectivity index (χ2n) is 20.8. The average molecular weight is 1380 g/mol. The number of benzene rings is 7. The molecule has 0 saturated heterocycles. The number of aromatic carboxylic acids is 2. The molecule has 0 bridgehead atoms. The van der Waals surface area contributed by atoms with Gasteiger partial charge in [0.25, 0.3) is 29.5 Å². The maximum atomic E-state index is 12.7. The summed E-state index contributed by atoms with van der Waals surface area (Å²) in [5.41, 5.74) is 53.0. The van der Waals surface area contributed by atoms with Gasteiger partial charge < -0.3 is 61.4 Å². The maximum Gasteiger partial charge on any atom is 0.335 e. The number of nitrogen functional groups attached to an aromatic ring is 2. The third-order valence-electron chi connectivity index (χ3n) is 14.0. The van der Waals surface area contributed by atoms with Crippen LogP contribution >= 0.6 is 0 Å². The SMILES string of the molecule is C.C.C.C.C.C.C.C.CCC(CCC(C)c1ccc(N)cc1)c1ccccc1.CCC(CCC(C)c1ccc(NC(=O)c2ccc(NN=C(C(N)=O)C(N)=O)cc2)cc1)c1ccccc1.NC(=O)C(=NNc1ccc(C(=O)O)cc1)C(N)=O.NC(=O)CC(N)=O.Nc1ccc(C(=O)O)cc1. The number of carbonyl (C=O) groups excluding carboxylic acids is 7. The Kier molecular flexibility index (Phi) is 52.2. The van der Waals surface area contributed by atoms with Crippen LogP contribution in [0.2, 0.25) is 0 Å². The van der Waals surface area contributed by atoms with E-state index in [0.717, 1.165) is 24.9 Å². The lowest BCUT2D eigenvalue weighted by Crippen LogP contribution is -2.36. The second-order valence-corrected chi connectivity index (χ2v) is 20.8. The van der Waals surface area contributed by atoms with Gasteiger partial charge >= 0.3 is 11.9 Å². The standard InChI is InChI=1S/C29H33N5O3.C19H25N.C10H10N4O4.C7H7NO2.C3H6N2O2.8CH4/c1-3-20(22-7-5-4-6-8-22)10-9-19(2)21-11-15-24(16-12-21)32-29(37)23-13-17-25(18-14-23)33-34-26(27(30)35)28(31)36;1-3-16(18-7-5-4-6-8-18)10-9-15(2)17-11-13-19(20)14-12-17;11-8(15)7(9(12)16)14-13-6-3-1-5(2-4-6)10(17)18;8-6-3-1-5(2-4-6)7(9)10;4-2(6)1-3(5)7;;;;;;;;/h4-8,11-20,33H,3,9-10H2,1-2H3,(H2,30,35)(H2,31,36)(H,32,37);4-8,11-16H,3,9-10,20H2,1-2H3;1-4,13H,(H2,11,15)(H2,12,16)(H,17,18);1-4H,8H2,(H,9,10);1H2,(H2,4,6)(H2,5,7);8*1H4. The first-order chi connectivity index (χ1) is 43.7. The first-order valence-corrected chi connectivity index (χ1v) is 29.0. The van der Waals surface area contributed by atoms with Crippen molar-refractivity contribution in [3.05, 3.63) is 221 Å². The quantitative estimate of drug-likeness (QED) is 0.0104. The number of carbonyl (C=O) groups is 9. The molecule has 0 fully saturated rings. The van der Waals surface area contributed by atoms with Crippen molar-refractivity contribution in [2.75, 3.05) is 27.6 Å². The van der Waals surface area contributed by atoms with Crippen LogP contribution in [0.5, 0.6) is 0 Å². The van der Waals surface area contributed by atoms with Gasteiger partial charge in [-0.15, -0.1) is 0 Å². The zero-order chi connectivity index (χ0) is 68.3. The average Bonchev–Trinajstić information content (AvgIpc) is 0.871. The maximum absolute atomic E-state index is 12.7. The second kappa shape index (κ2) is 52.5. The molecule has 21 N–H and O–H groups in total. The molecule has 7 amide bonds. The van der Waals surface area contributed by atoms with Crippen LogP contribution in [-0.4, -0.2) is 74.9 Å². The number of primary amides is 6. The van der Waals surface area contributed by atoms with Gasteiger partial charge in [0.15, 0.2) is 0 Å². The Morgan fingerprint density at radius 1 is 0.370 bits per heavy atom. The minimum Gasteiger partial charge on any atom is -0.478 e. The van der Waals surface area contributed by atoms with Crippen LogP contribution in [0.4, 0.5) is 28.4 Å². The van der Waals surface area contributed by atoms with E-state index in [1.165, 1.54) is 77.9 Å². The first kappa shape index (κ1) is 99.4. The summed E-state index contributed by atoms with van der Waals surface area (Å²) in [6.07, 6.45) is 6.64. The van der Waals surface area contributed by atoms with Crippen molar-refractivity contribution in [1.82, 2.24) is 0 Å². The number of hydrogen-bond donors (Lipinski definition) is 13. The van der Waals surface area contributed by atoms with Crippen molar-refractivity contribution >= 4 is 93.1 Å². The van der Waals surface area contributed by atoms with Gasteiger partial charge in [0.1, 0.15) is 6.42 Å². The molecular weight excluding hydrogens is 1270 g/mol. The minimum atomic E-state index is -1.07. The Bertz CT molecular complexity index is 3550. The predicted molar refractivity (Wildman–Crippen MR) is 413 cm³/mol. The molecule has 24 nitrogen and oxygen atoms in total. The summed E-state index contributed by atoms with van der Waals surface area (Å²) in [4.78, 5) is 96.9. The molecule has 0 heterocycles. The van der Waals surface area contributed by atoms with E-state index in [4.69, 9.17) is 44.6 Å². The van der Waals surface area contributed by atoms with Crippen molar-refractivity contribution in [2.45, 2.75) is 156 Å². The number of anilines is 5. The molecule has 0 spiro atoms. The lowest BCUT2D eigenvalue weighted by atomic mass is 9.87. The predicted octanol–water partition coefficient (Wildman–Crippen LogP) is 13.6. The van der Waals surface area contributed by atoms with E-state index in [2.05, 4.69) is 150 Å². The molecule has 7 rings (SSSR count). The van der Waals surface area contributed by atoms with E-state index in [0.29, 0.717) is 52.0 Å². The van der Waals surface area contributed by atoms with E-state index in [-0.39, 0.29) is 82.9 Å². The van der Waals surface area contributed by atoms with E-state index < -0.39 is 58.8 Å². The lowest BCUT2D eigenvalue weighted by molar-refractivity contribution is -0.126. The number of amides is 7. The van der Waals surface area contributed by atoms with Crippen molar-refractivity contribution < 1.29 is 53.4 Å². The number of rotatable bonds is 26. The Morgan fingerprint density at radius 2 is 0.650 bits per heavy atom. The molecule has 4 unspecified atom stereocenters. The summed E-state index contributed by atoms with van der Waals surface area (Å²) in [6.45, 7) is 9.07. The highest BCUT2D eigenvalue weighted by molar-refractivity contribution is 6.65. The van der Waals surface area contributed by atoms with E-state index >= 15 is 0 Å². The zero-order valence-corrected chi connectivity index (χ0v) is 51.7. The van der Waals surface area contributed by atoms with E-state index in [9.17, 15) is 43.2 Å². The molecule has 100 heavy (non-hydrogen) atoms. The van der Waals surface area contributed by atoms with Crippen LogP contribution in [0.15, 0.2) is 192 Å². The van der Waals surface area contributed by atoms with Gasteiger partial charge in [-0.25, -0.2) is 9.59 Å². The molecule has 7 aromatic rings. The van der Waals surface area contributed by atoms with Gasteiger partial charge in [0.2, 0.25) is 23.2 Å². The highest BCUT2D eigenvalue weighted by Gasteiger charge is 2.17. The van der Waals surface area contributed by atoms with E-state index in [1.807, 2.05) is 24.3 Å². The van der Waals surface area contributed by atoms with Gasteiger partial charge in [-0.3, -0.25) is 44.4 Å². The van der Waals surface area contributed by atoms with Crippen LogP contribution in [0.3, 0.4) is 0 Å². The van der Waals surface area contributed by atoms with Gasteiger partial charge in [-0.2, -0.15) is 10.2 Å². The van der Waals surface area contributed by atoms with Crippen LogP contribution in [0.1, 0.15) is 209 Å². The van der Waals surface area contributed by atoms with E-state index in [1.54, 1.807) is 36.4 Å². The van der Waals surface area contributed by atoms with Gasteiger partial charge in [-0.05, 0) is 182 Å². The fourth-order valence-electron chi connectivity index (χ4n) is 8.71. The fraction of sp³-hybridized carbons (Fsp3) is 0.303. The molecule has 24 heteroatoms. The number of nitrogens with one attached hydrogen (secondary N) is 3. The summed E-state index contributed by atoms with van der Waals surface area (Å²) in [6, 6.07) is 55.7. The molecule has 7 aromatic carbocycles. The molecule has 0 saturated carbocycles. The highest BCUT2D eigenvalue weighted by atomic mass is 16.4. The lowest BCUT2D eigenvalue weighted by Gasteiger charge is -2.19. The van der Waals surface area contributed by atoms with Crippen LogP contribution < -0.4 is 62.0 Å². The molecule has 0 aromatic heterocycles. The molecule has 0 aliphatic heterocycles. The summed E-state index contributed by atoms with van der Waals surface area (Å²) < 4.78 is 0. The fourth-order valence-corrected chi connectivity index (χ4v) is 8.71. The van der Waals surface area contributed by atoms with Gasteiger partial charge in [0.05, 0.1) is 22.5 Å². The Balaban J connectivity index is -0.000000300. The Hall–Kier alpha value is -11.7. The number of hydrazone groups is 2. The smallest absolute Gasteiger partial charge is 0.335 e. The molecule has 0 aliphatic rings. The number of carboxylic acids is 2. The molecular formula is C76H113N13O11. The van der Waals surface area contributed by atoms with Crippen molar-refractivity contribution in [2.24, 2.45) is 44.6 Å². The summed E-state index contributed by atoms with van der Waals surface area (Å²) in [5, 5.41) is 27.1. The molecule has 4 atom stereocenters. The van der Waals surface area contributed by atoms with Crippen LogP contribution in [-0.2, 0) is 28.8 Å². The summed E-state index contributed by atoms with van der Waals surface area (Å²) in [7, 11) is 0. The third kappa shape index (κ3) is 37.0. The Labute approximate surface area is 592 Å². The minimum absolute atomic E-state index is 0. The summed E-state index contributed by atoms with van der Waals surface area (Å²) >= 11 is 0. The van der Waals surface area contributed by atoms with Crippen molar-refractivity contribution in [3.8, 4) is 0 Å². The van der Waals surface area contributed by atoms with Crippen molar-refractivity contribution in [1.29, 1.82) is 0 Å². The Morgan fingerprint density at radius 3 is 0.930 bits per heavy atom. The molecule has 0 aliphatic carbocycles. The van der Waals surface area contributed by atoms with Crippen LogP contribution in [0, 0.1) is 0 Å². The number of nitrogens with zero attached hydrogens (tertiary/aromatic N) is 2. The first-order valence-electron chi connectivity index (χ1n) is 29.0. The van der Waals surface area contributed by atoms with Gasteiger partial charge in [0, 0.05) is 22.6 Å². The topological polar surface area (TPSA) is 463 Å². The number of carboxylic acid groups (broad SMARTS) is 2. The number of nitrogens with two attached hydrogens (primary N) is 8. The highest BCUT2D eigenvalue weighted by Crippen LogP contribution is 2.32. The zero-order valence-electron chi connectivity index (χ0n) is 51.7. The number of hydrogen-bond acceptors (Lipinski definition) is 15.